The van der Waals surface area contributed by atoms with Crippen molar-refractivity contribution in [2.75, 3.05) is 0 Å². The summed E-state index contributed by atoms with van der Waals surface area (Å²) in [5, 5.41) is 0. The van der Waals surface area contributed by atoms with E-state index in [1.807, 2.05) is 19.1 Å². The Morgan fingerprint density at radius 2 is 1.86 bits per heavy atom. The molecule has 0 amide bonds. The van der Waals surface area contributed by atoms with Crippen molar-refractivity contribution >= 4 is 22.6 Å². The van der Waals surface area contributed by atoms with Crippen molar-refractivity contribution in [1.29, 1.82) is 0 Å². The molecule has 7 heavy (non-hydrogen) atoms. The number of rotatable bonds is 1. The highest BCUT2D eigenvalue weighted by molar-refractivity contribution is 6.25. The molecule has 42 valence electrons. The summed E-state index contributed by atoms with van der Waals surface area (Å²) in [6.07, 6.45) is 5.55. The van der Waals surface area contributed by atoms with Gasteiger partial charge in [0, 0.05) is 5.54 Å². The van der Waals surface area contributed by atoms with E-state index < -0.39 is 0 Å². The summed E-state index contributed by atoms with van der Waals surface area (Å²) >= 11 is 5.15. The van der Waals surface area contributed by atoms with Gasteiger partial charge < -0.3 is 0 Å². The van der Waals surface area contributed by atoms with Crippen molar-refractivity contribution in [1.82, 2.24) is 0 Å². The van der Waals surface area contributed by atoms with Gasteiger partial charge in [-0.3, -0.25) is 0 Å². The summed E-state index contributed by atoms with van der Waals surface area (Å²) in [5.74, 6) is 0. The average molecular weight is 135 g/mol. The van der Waals surface area contributed by atoms with E-state index in [1.54, 1.807) is 6.08 Å². The fourth-order valence-corrected chi connectivity index (χ4v) is 0.237. The smallest absolute Gasteiger partial charge is 0.00423 e. The number of halogens is 1. The first kappa shape index (κ1) is 10.1. The first-order chi connectivity index (χ1) is 2.91. The highest BCUT2D eigenvalue weighted by atomic mass is 35.5. The third-order valence-corrected chi connectivity index (χ3v) is 0.522. The molecule has 0 aliphatic carbocycles. The zero-order chi connectivity index (χ0) is 4.83. The molecular formula is C5H11ClSi. The second kappa shape index (κ2) is 9.37. The lowest BCUT2D eigenvalue weighted by Crippen LogP contribution is -1.37. The molecule has 0 radical (unpaired) electrons. The molecule has 0 aromatic carbocycles. The quantitative estimate of drug-likeness (QED) is 0.369. The van der Waals surface area contributed by atoms with Crippen LogP contribution in [0, 0.1) is 0 Å². The average Bonchev–Trinajstić information content (AvgIpc) is 1.61. The number of allylic oxidation sites excluding steroid dienone is 3. The summed E-state index contributed by atoms with van der Waals surface area (Å²) in [5.41, 5.74) is 1.47. The van der Waals surface area contributed by atoms with Crippen LogP contribution in [0.2, 0.25) is 0 Å². The molecule has 0 rings (SSSR count). The first-order valence-corrected chi connectivity index (χ1v) is 2.23. The van der Waals surface area contributed by atoms with Gasteiger partial charge in [0.25, 0.3) is 0 Å². The van der Waals surface area contributed by atoms with E-state index in [-0.39, 0.29) is 11.0 Å². The topological polar surface area (TPSA) is 0 Å². The van der Waals surface area contributed by atoms with Gasteiger partial charge in [-0.25, -0.2) is 0 Å². The van der Waals surface area contributed by atoms with Gasteiger partial charge in [-0.1, -0.05) is 29.8 Å². The Bertz CT molecular complexity index is 56.5. The van der Waals surface area contributed by atoms with Crippen LogP contribution >= 0.6 is 11.6 Å². The van der Waals surface area contributed by atoms with E-state index in [0.29, 0.717) is 0 Å². The fourth-order valence-electron chi connectivity index (χ4n) is 0.153. The van der Waals surface area contributed by atoms with Crippen molar-refractivity contribution < 1.29 is 0 Å². The van der Waals surface area contributed by atoms with Gasteiger partial charge in [0.15, 0.2) is 0 Å². The van der Waals surface area contributed by atoms with E-state index in [9.17, 15) is 0 Å². The molecule has 0 saturated carbocycles. The summed E-state index contributed by atoms with van der Waals surface area (Å²) < 4.78 is 0. The molecule has 0 aliphatic rings. The Morgan fingerprint density at radius 1 is 1.29 bits per heavy atom. The molecule has 0 aromatic heterocycles. The molecule has 0 fully saturated rings. The molecule has 0 aromatic rings. The molecule has 0 aliphatic heterocycles. The van der Waals surface area contributed by atoms with Gasteiger partial charge >= 0.3 is 0 Å². The van der Waals surface area contributed by atoms with Crippen LogP contribution in [0.4, 0.5) is 0 Å². The Morgan fingerprint density at radius 3 is 2.00 bits per heavy atom. The maximum Gasteiger partial charge on any atom is 0.00423 e. The Labute approximate surface area is 53.9 Å². The fraction of sp³-hybridized carbons (Fsp3) is 0.200. The first-order valence-electron chi connectivity index (χ1n) is 1.80. The minimum atomic E-state index is 0. The molecular weight excluding hydrogens is 124 g/mol. The Kier molecular flexibility index (Phi) is 13.5. The summed E-state index contributed by atoms with van der Waals surface area (Å²) in [7, 11) is 0. The van der Waals surface area contributed by atoms with Crippen molar-refractivity contribution in [2.45, 2.75) is 6.92 Å². The van der Waals surface area contributed by atoms with Crippen LogP contribution < -0.4 is 0 Å². The maximum atomic E-state index is 5.15. The van der Waals surface area contributed by atoms with E-state index >= 15 is 0 Å². The van der Waals surface area contributed by atoms with Crippen LogP contribution in [0.25, 0.3) is 0 Å². The van der Waals surface area contributed by atoms with Gasteiger partial charge in [-0.15, -0.1) is 0 Å². The standard InChI is InChI=1S/C5H7Cl.H4Si/c1-2-3-4-5-6;/h2-5H,1H3;1H4/b3-2+,5-4+;. The second-order valence-electron chi connectivity index (χ2n) is 0.844. The monoisotopic (exact) mass is 134 g/mol. The largest absolute Gasteiger partial charge is 0.0930 e. The van der Waals surface area contributed by atoms with Crippen LogP contribution in [0.1, 0.15) is 6.92 Å². The van der Waals surface area contributed by atoms with Gasteiger partial charge in [0.1, 0.15) is 0 Å². The lowest BCUT2D eigenvalue weighted by Gasteiger charge is -1.61. The van der Waals surface area contributed by atoms with Gasteiger partial charge in [-0.2, -0.15) is 0 Å². The third kappa shape index (κ3) is 10.7. The van der Waals surface area contributed by atoms with Crippen LogP contribution in [0.5, 0.6) is 0 Å². The van der Waals surface area contributed by atoms with E-state index in [4.69, 9.17) is 11.6 Å². The van der Waals surface area contributed by atoms with Gasteiger partial charge in [0.05, 0.1) is 0 Å². The van der Waals surface area contributed by atoms with E-state index in [0.717, 1.165) is 0 Å². The normalized spacial score (nSPS) is 10.0. The maximum absolute atomic E-state index is 5.15. The minimum Gasteiger partial charge on any atom is -0.0930 e. The minimum absolute atomic E-state index is 0. The third-order valence-electron chi connectivity index (χ3n) is 0.376. The SMILES string of the molecule is C/C=C/C=C/Cl.[SiH4]. The summed E-state index contributed by atoms with van der Waals surface area (Å²) in [4.78, 5) is 0. The predicted molar refractivity (Wildman–Crippen MR) is 41.1 cm³/mol. The molecule has 0 N–H and O–H groups in total. The predicted octanol–water partition coefficient (Wildman–Crippen LogP) is 0.863. The summed E-state index contributed by atoms with van der Waals surface area (Å²) in [6.45, 7) is 1.94. The van der Waals surface area contributed by atoms with Crippen molar-refractivity contribution in [3.8, 4) is 0 Å². The molecule has 2 heteroatoms. The second-order valence-corrected chi connectivity index (χ2v) is 1.10. The van der Waals surface area contributed by atoms with Crippen molar-refractivity contribution in [2.24, 2.45) is 0 Å². The molecule has 0 unspecified atom stereocenters. The zero-order valence-corrected chi connectivity index (χ0v) is 4.44. The zero-order valence-electron chi connectivity index (χ0n) is 3.69. The Balaban J connectivity index is 0. The van der Waals surface area contributed by atoms with Gasteiger partial charge in [0.2, 0.25) is 0 Å². The number of hydrogen-bond acceptors (Lipinski definition) is 0. The van der Waals surface area contributed by atoms with Gasteiger partial charge in [-0.05, 0) is 17.9 Å². The Hall–Kier alpha value is -0.0131. The highest BCUT2D eigenvalue weighted by Gasteiger charge is 1.50. The van der Waals surface area contributed by atoms with Crippen molar-refractivity contribution in [3.63, 3.8) is 0 Å². The van der Waals surface area contributed by atoms with Crippen LogP contribution in [0.15, 0.2) is 23.8 Å². The molecule has 0 saturated heterocycles. The molecule has 0 spiro atoms. The van der Waals surface area contributed by atoms with Crippen LogP contribution in [0.3, 0.4) is 0 Å². The lowest BCUT2D eigenvalue weighted by atomic mass is 10.5. The van der Waals surface area contributed by atoms with Crippen LogP contribution in [-0.2, 0) is 0 Å². The van der Waals surface area contributed by atoms with E-state index in [2.05, 4.69) is 0 Å². The summed E-state index contributed by atoms with van der Waals surface area (Å²) in [6, 6.07) is 0. The lowest BCUT2D eigenvalue weighted by molar-refractivity contribution is 1.74. The van der Waals surface area contributed by atoms with E-state index in [1.165, 1.54) is 5.54 Å². The number of hydrogen-bond donors (Lipinski definition) is 0. The van der Waals surface area contributed by atoms with Crippen molar-refractivity contribution in [3.05, 3.63) is 23.8 Å². The van der Waals surface area contributed by atoms with Crippen LogP contribution in [-0.4, -0.2) is 11.0 Å². The molecule has 0 nitrogen and oxygen atoms in total. The molecule has 0 bridgehead atoms. The molecule has 0 atom stereocenters. The molecule has 0 heterocycles. The highest BCUT2D eigenvalue weighted by Crippen LogP contribution is 1.77.